The lowest BCUT2D eigenvalue weighted by Crippen LogP contribution is -2.55. The number of hydrogen-bond acceptors (Lipinski definition) is 14. The van der Waals surface area contributed by atoms with Crippen LogP contribution in [-0.2, 0) is 44.7 Å². The van der Waals surface area contributed by atoms with Gasteiger partial charge in [-0.2, -0.15) is 0 Å². The molecule has 4 N–H and O–H groups in total. The lowest BCUT2D eigenvalue weighted by Gasteiger charge is -2.25. The van der Waals surface area contributed by atoms with E-state index >= 15 is 0 Å². The Morgan fingerprint density at radius 2 is 1.66 bits per heavy atom. The number of carbonyl (C=O) groups is 7. The number of alkyl carbamates (subject to hydrolysis) is 1. The molecule has 1 aromatic heterocycles. The molecule has 1 aliphatic heterocycles. The van der Waals surface area contributed by atoms with E-state index in [4.69, 9.17) is 9.47 Å². The Bertz CT molecular complexity index is 1360. The molecule has 242 valence electrons. The van der Waals surface area contributed by atoms with Gasteiger partial charge in [-0.3, -0.25) is 38.7 Å². The Morgan fingerprint density at radius 3 is 2.30 bits per heavy atom. The largest absolute Gasteiger partial charge is 0.479 e. The number of Topliss-reactive ketones (excluding diaryl/α,β-unsaturated/α-hetero) is 3. The summed E-state index contributed by atoms with van der Waals surface area (Å²) in [4.78, 5) is 95.6. The molecule has 1 aliphatic rings. The van der Waals surface area contributed by atoms with Crippen LogP contribution in [0.25, 0.3) is 0 Å². The van der Waals surface area contributed by atoms with Gasteiger partial charge in [0.1, 0.15) is 11.4 Å². The number of ether oxygens (including phenoxy) is 4. The lowest BCUT2D eigenvalue weighted by atomic mass is 9.91. The minimum Gasteiger partial charge on any atom is -0.479 e. The van der Waals surface area contributed by atoms with Gasteiger partial charge in [0.2, 0.25) is 18.4 Å². The molecule has 2 heterocycles. The Balaban J connectivity index is 1.76. The smallest absolute Gasteiger partial charge is 0.412 e. The predicted molar refractivity (Wildman–Crippen MR) is 145 cm³/mol. The Morgan fingerprint density at radius 1 is 0.955 bits per heavy atom. The van der Waals surface area contributed by atoms with Crippen LogP contribution in [0.4, 0.5) is 4.79 Å². The first-order valence-electron chi connectivity index (χ1n) is 13.4. The van der Waals surface area contributed by atoms with Crippen molar-refractivity contribution in [3.05, 3.63) is 28.0 Å². The van der Waals surface area contributed by atoms with Gasteiger partial charge in [0.05, 0.1) is 38.0 Å². The summed E-state index contributed by atoms with van der Waals surface area (Å²) in [5, 5.41) is 24.9. The van der Waals surface area contributed by atoms with Crippen molar-refractivity contribution < 1.29 is 62.7 Å². The molecule has 1 aromatic rings. The predicted octanol–water partition coefficient (Wildman–Crippen LogP) is -1.12. The maximum absolute atomic E-state index is 12.3. The summed E-state index contributed by atoms with van der Waals surface area (Å²) >= 11 is 0. The highest BCUT2D eigenvalue weighted by Crippen LogP contribution is 2.19. The van der Waals surface area contributed by atoms with Crippen LogP contribution in [-0.4, -0.2) is 93.9 Å². The first-order valence-corrected chi connectivity index (χ1v) is 13.4. The Hall–Kier alpha value is -4.64. The summed E-state index contributed by atoms with van der Waals surface area (Å²) in [5.41, 5.74) is -5.38. The first-order chi connectivity index (χ1) is 20.6. The number of nitrogens with one attached hydrogen (secondary N) is 2. The van der Waals surface area contributed by atoms with Gasteiger partial charge < -0.3 is 34.5 Å². The number of amides is 2. The number of ketones is 3. The molecule has 0 aromatic carbocycles. The van der Waals surface area contributed by atoms with Crippen molar-refractivity contribution in [3.63, 3.8) is 0 Å². The van der Waals surface area contributed by atoms with Crippen LogP contribution in [0.1, 0.15) is 63.2 Å². The van der Waals surface area contributed by atoms with E-state index in [2.05, 4.69) is 14.8 Å². The highest BCUT2D eigenvalue weighted by molar-refractivity contribution is 5.94. The van der Waals surface area contributed by atoms with Gasteiger partial charge in [-0.05, 0) is 33.6 Å². The molecule has 0 bridgehead atoms. The van der Waals surface area contributed by atoms with E-state index in [0.717, 1.165) is 26.8 Å². The van der Waals surface area contributed by atoms with Crippen LogP contribution >= 0.6 is 0 Å². The molecule has 44 heavy (non-hydrogen) atoms. The van der Waals surface area contributed by atoms with Gasteiger partial charge in [0.15, 0.2) is 17.4 Å². The van der Waals surface area contributed by atoms with Crippen molar-refractivity contribution in [2.45, 2.75) is 70.7 Å². The number of rotatable bonds is 16. The number of nitrogens with zero attached hydrogens (tertiary/aromatic N) is 1. The molecule has 2 rings (SSSR count). The van der Waals surface area contributed by atoms with E-state index in [0.29, 0.717) is 19.6 Å². The highest BCUT2D eigenvalue weighted by Gasteiger charge is 2.39. The quantitative estimate of drug-likeness (QED) is 0.0966. The fourth-order valence-corrected chi connectivity index (χ4v) is 3.88. The standard InChI is InChI=1S/C27H35N3O14/c1-16(31)12-27(40,18(3)33)29-25(38)44-15-43-23(36)14-26(39,17(2)32)13-20(34)28-6-4-8-42-24(37)19-10-21(35)30-7-5-9-41-22(30)11-19/h10-11,39-40H,4-9,12-15H2,1-3H3,(H,28,34)(H,29,38). The summed E-state index contributed by atoms with van der Waals surface area (Å²) in [7, 11) is 0. The molecule has 2 unspecified atom stereocenters. The van der Waals surface area contributed by atoms with Crippen LogP contribution in [0, 0.1) is 0 Å². The molecule has 0 saturated heterocycles. The van der Waals surface area contributed by atoms with E-state index in [9.17, 15) is 48.6 Å². The summed E-state index contributed by atoms with van der Waals surface area (Å²) < 4.78 is 21.1. The average Bonchev–Trinajstić information content (AvgIpc) is 2.91. The number of aliphatic hydroxyl groups is 2. The molecule has 17 nitrogen and oxygen atoms in total. The van der Waals surface area contributed by atoms with Crippen LogP contribution in [0.2, 0.25) is 0 Å². The van der Waals surface area contributed by atoms with Crippen LogP contribution in [0.5, 0.6) is 5.88 Å². The van der Waals surface area contributed by atoms with Crippen molar-refractivity contribution in [2.75, 3.05) is 26.6 Å². The van der Waals surface area contributed by atoms with Crippen molar-refractivity contribution >= 4 is 41.3 Å². The Labute approximate surface area is 250 Å². The van der Waals surface area contributed by atoms with Gasteiger partial charge in [0.25, 0.3) is 5.56 Å². The van der Waals surface area contributed by atoms with Crippen LogP contribution in [0.3, 0.4) is 0 Å². The minimum atomic E-state index is -2.53. The van der Waals surface area contributed by atoms with Gasteiger partial charge in [-0.25, -0.2) is 9.59 Å². The van der Waals surface area contributed by atoms with Gasteiger partial charge in [-0.15, -0.1) is 0 Å². The molecular formula is C27H35N3O14. The zero-order valence-corrected chi connectivity index (χ0v) is 24.5. The second kappa shape index (κ2) is 15.7. The van der Waals surface area contributed by atoms with Gasteiger partial charge >= 0.3 is 18.0 Å². The summed E-state index contributed by atoms with van der Waals surface area (Å²) in [6, 6.07) is 2.55. The second-order valence-electron chi connectivity index (χ2n) is 10.0. The zero-order chi connectivity index (χ0) is 33.1. The van der Waals surface area contributed by atoms with Crippen molar-refractivity contribution in [3.8, 4) is 5.88 Å². The molecule has 0 radical (unpaired) electrons. The number of hydrogen-bond donors (Lipinski definition) is 4. The number of pyridine rings is 1. The molecule has 2 amide bonds. The number of carbonyl (C=O) groups excluding carboxylic acids is 7. The molecule has 0 fully saturated rings. The fraction of sp³-hybridized carbons (Fsp3) is 0.556. The normalized spacial score (nSPS) is 14.8. The molecule has 0 aliphatic carbocycles. The molecule has 2 atom stereocenters. The third-order valence-corrected chi connectivity index (χ3v) is 6.33. The van der Waals surface area contributed by atoms with Crippen molar-refractivity contribution in [1.82, 2.24) is 15.2 Å². The molecule has 0 saturated carbocycles. The van der Waals surface area contributed by atoms with E-state index in [-0.39, 0.29) is 31.0 Å². The first kappa shape index (κ1) is 35.6. The highest BCUT2D eigenvalue weighted by atomic mass is 16.7. The lowest BCUT2D eigenvalue weighted by molar-refractivity contribution is -0.163. The third-order valence-electron chi connectivity index (χ3n) is 6.33. The maximum Gasteiger partial charge on any atom is 0.412 e. The van der Waals surface area contributed by atoms with E-state index < -0.39 is 84.2 Å². The average molecular weight is 626 g/mol. The zero-order valence-electron chi connectivity index (χ0n) is 24.5. The topological polar surface area (TPSA) is 243 Å². The number of fused-ring (bicyclic) bond motifs is 1. The van der Waals surface area contributed by atoms with E-state index in [1.807, 2.05) is 0 Å². The number of aromatic nitrogens is 1. The summed E-state index contributed by atoms with van der Waals surface area (Å²) in [6.07, 6.45) is -3.13. The molecule has 17 heteroatoms. The van der Waals surface area contributed by atoms with Crippen molar-refractivity contribution in [1.29, 1.82) is 0 Å². The van der Waals surface area contributed by atoms with Gasteiger partial charge in [-0.1, -0.05) is 0 Å². The molecule has 0 spiro atoms. The number of esters is 2. The van der Waals surface area contributed by atoms with Crippen LogP contribution < -0.4 is 20.9 Å². The monoisotopic (exact) mass is 625 g/mol. The molecular weight excluding hydrogens is 590 g/mol. The van der Waals surface area contributed by atoms with Crippen molar-refractivity contribution in [2.24, 2.45) is 0 Å². The second-order valence-corrected chi connectivity index (χ2v) is 10.0. The van der Waals surface area contributed by atoms with Crippen LogP contribution in [0.15, 0.2) is 16.9 Å². The van der Waals surface area contributed by atoms with E-state index in [1.165, 1.54) is 10.6 Å². The Kier molecular flexibility index (Phi) is 12.7. The van der Waals surface area contributed by atoms with E-state index in [1.54, 1.807) is 5.32 Å². The third kappa shape index (κ3) is 10.6. The minimum absolute atomic E-state index is 0.0159. The van der Waals surface area contributed by atoms with Gasteiger partial charge in [0, 0.05) is 25.2 Å². The SMILES string of the molecule is CC(=O)CC(O)(NC(=O)OCOC(=O)CC(O)(CC(=O)NCCCOC(=O)c1cc2n(c(=O)c1)CCCO2)C(C)=O)C(C)=O. The maximum atomic E-state index is 12.3. The summed E-state index contributed by atoms with van der Waals surface area (Å²) in [5.74, 6) is -5.03. The summed E-state index contributed by atoms with van der Waals surface area (Å²) in [6.45, 7) is 2.64. The fourth-order valence-electron chi connectivity index (χ4n) is 3.88.